The van der Waals surface area contributed by atoms with Gasteiger partial charge in [-0.15, -0.1) is 0 Å². The molecule has 0 bridgehead atoms. The lowest BCUT2D eigenvalue weighted by atomic mass is 10.2. The molecule has 0 spiro atoms. The summed E-state index contributed by atoms with van der Waals surface area (Å²) >= 11 is 14.6. The Hall–Kier alpha value is -0.320. The summed E-state index contributed by atoms with van der Waals surface area (Å²) in [5.74, 6) is 0. The van der Waals surface area contributed by atoms with Crippen molar-refractivity contribution in [1.82, 2.24) is 0 Å². The number of benzene rings is 1. The zero-order chi connectivity index (χ0) is 10.0. The Balaban J connectivity index is 3.35. The van der Waals surface area contributed by atoms with Crippen LogP contribution in [0.4, 0.5) is 5.69 Å². The summed E-state index contributed by atoms with van der Waals surface area (Å²) in [5.41, 5.74) is 0.449. The highest BCUT2D eigenvalue weighted by molar-refractivity contribution is 9.08. The summed E-state index contributed by atoms with van der Waals surface area (Å²) in [5, 5.41) is 11.4. The minimum Gasteiger partial charge on any atom is -0.258 e. The molecule has 1 rings (SSSR count). The highest BCUT2D eigenvalue weighted by Crippen LogP contribution is 2.32. The fraction of sp³-hybridized carbons (Fsp3) is 0.143. The Bertz CT molecular complexity index is 357. The number of hydrogen-bond donors (Lipinski definition) is 0. The first-order chi connectivity index (χ1) is 6.06. The van der Waals surface area contributed by atoms with E-state index in [-0.39, 0.29) is 10.7 Å². The average Bonchev–Trinajstić information content (AvgIpc) is 2.08. The molecule has 3 nitrogen and oxygen atoms in total. The van der Waals surface area contributed by atoms with Gasteiger partial charge < -0.3 is 0 Å². The summed E-state index contributed by atoms with van der Waals surface area (Å²) in [6.07, 6.45) is 0. The molecule has 0 saturated heterocycles. The molecule has 0 unspecified atom stereocenters. The molecule has 0 saturated carbocycles. The maximum absolute atomic E-state index is 10.5. The number of rotatable bonds is 2. The third-order valence-corrected chi connectivity index (χ3v) is 2.69. The van der Waals surface area contributed by atoms with Crippen LogP contribution in [0.25, 0.3) is 0 Å². The van der Waals surface area contributed by atoms with Crippen molar-refractivity contribution in [1.29, 1.82) is 0 Å². The number of alkyl halides is 1. The van der Waals surface area contributed by atoms with Crippen LogP contribution in [-0.2, 0) is 5.33 Å². The number of hydrogen-bond acceptors (Lipinski definition) is 2. The standard InChI is InChI=1S/C7H4BrCl2NO2/c8-3-4-1-5(9)2-6(7(4)10)11(12)13/h1-2H,3H2. The molecule has 0 N–H and O–H groups in total. The second-order valence-corrected chi connectivity index (χ2v) is 3.66. The Kier molecular flexibility index (Phi) is 3.53. The monoisotopic (exact) mass is 283 g/mol. The molecule has 0 aromatic heterocycles. The van der Waals surface area contributed by atoms with Gasteiger partial charge in [0.1, 0.15) is 5.02 Å². The summed E-state index contributed by atoms with van der Waals surface area (Å²) in [4.78, 5) is 9.93. The molecule has 0 aliphatic rings. The third-order valence-electron chi connectivity index (χ3n) is 1.43. The lowest BCUT2D eigenvalue weighted by molar-refractivity contribution is -0.384. The normalized spacial score (nSPS) is 10.1. The van der Waals surface area contributed by atoms with E-state index >= 15 is 0 Å². The second-order valence-electron chi connectivity index (χ2n) is 2.29. The van der Waals surface area contributed by atoms with Crippen molar-refractivity contribution in [2.45, 2.75) is 5.33 Å². The van der Waals surface area contributed by atoms with Gasteiger partial charge in [-0.1, -0.05) is 39.1 Å². The van der Waals surface area contributed by atoms with Crippen molar-refractivity contribution in [2.24, 2.45) is 0 Å². The molecule has 1 aromatic rings. The zero-order valence-corrected chi connectivity index (χ0v) is 9.36. The molecule has 1 aromatic carbocycles. The fourth-order valence-electron chi connectivity index (χ4n) is 0.860. The quantitative estimate of drug-likeness (QED) is 0.471. The van der Waals surface area contributed by atoms with Crippen LogP contribution in [0, 0.1) is 10.1 Å². The van der Waals surface area contributed by atoms with E-state index in [0.29, 0.717) is 15.9 Å². The first kappa shape index (κ1) is 10.8. The van der Waals surface area contributed by atoms with Crippen molar-refractivity contribution in [3.8, 4) is 0 Å². The van der Waals surface area contributed by atoms with Crippen LogP contribution in [-0.4, -0.2) is 4.92 Å². The molecule has 0 amide bonds. The first-order valence-corrected chi connectivity index (χ1v) is 5.12. The van der Waals surface area contributed by atoms with Crippen LogP contribution in [0.1, 0.15) is 5.56 Å². The van der Waals surface area contributed by atoms with Crippen LogP contribution >= 0.6 is 39.1 Å². The highest BCUT2D eigenvalue weighted by Gasteiger charge is 2.16. The van der Waals surface area contributed by atoms with Gasteiger partial charge in [0.25, 0.3) is 5.69 Å². The largest absolute Gasteiger partial charge is 0.289 e. The molecular formula is C7H4BrCl2NO2. The van der Waals surface area contributed by atoms with Crippen LogP contribution in [0.3, 0.4) is 0 Å². The highest BCUT2D eigenvalue weighted by atomic mass is 79.9. The Morgan fingerprint density at radius 2 is 2.08 bits per heavy atom. The molecule has 0 fully saturated rings. The zero-order valence-electron chi connectivity index (χ0n) is 6.26. The Labute approximate surface area is 92.9 Å². The van der Waals surface area contributed by atoms with Gasteiger partial charge in [0.05, 0.1) is 4.92 Å². The van der Waals surface area contributed by atoms with E-state index in [9.17, 15) is 10.1 Å². The molecule has 0 radical (unpaired) electrons. The van der Waals surface area contributed by atoms with E-state index in [4.69, 9.17) is 23.2 Å². The molecular weight excluding hydrogens is 281 g/mol. The summed E-state index contributed by atoms with van der Waals surface area (Å²) in [7, 11) is 0. The lowest BCUT2D eigenvalue weighted by Crippen LogP contribution is -1.92. The second kappa shape index (κ2) is 4.26. The molecule has 0 atom stereocenters. The Morgan fingerprint density at radius 3 is 2.54 bits per heavy atom. The third kappa shape index (κ3) is 2.33. The molecule has 6 heteroatoms. The van der Waals surface area contributed by atoms with Crippen molar-refractivity contribution in [3.63, 3.8) is 0 Å². The smallest absolute Gasteiger partial charge is 0.258 e. The lowest BCUT2D eigenvalue weighted by Gasteiger charge is -2.01. The van der Waals surface area contributed by atoms with E-state index in [2.05, 4.69) is 15.9 Å². The number of halogens is 3. The minimum atomic E-state index is -0.555. The predicted octanol–water partition coefficient (Wildman–Crippen LogP) is 3.80. The SMILES string of the molecule is O=[N+]([O-])c1cc(Cl)cc(CBr)c1Cl. The molecule has 0 aliphatic heterocycles. The number of nitro groups is 1. The van der Waals surface area contributed by atoms with Crippen molar-refractivity contribution in [3.05, 3.63) is 37.9 Å². The van der Waals surface area contributed by atoms with Gasteiger partial charge in [0.15, 0.2) is 0 Å². The van der Waals surface area contributed by atoms with E-state index in [0.717, 1.165) is 0 Å². The average molecular weight is 285 g/mol. The van der Waals surface area contributed by atoms with Crippen LogP contribution < -0.4 is 0 Å². The minimum absolute atomic E-state index is 0.131. The summed E-state index contributed by atoms with van der Waals surface area (Å²) in [6.45, 7) is 0. The van der Waals surface area contributed by atoms with Crippen molar-refractivity contribution in [2.75, 3.05) is 0 Å². The number of nitro benzene ring substituents is 1. The predicted molar refractivity (Wildman–Crippen MR) is 55.7 cm³/mol. The van der Waals surface area contributed by atoms with Crippen molar-refractivity contribution >= 4 is 44.8 Å². The molecule has 70 valence electrons. The number of nitrogens with zero attached hydrogens (tertiary/aromatic N) is 1. The first-order valence-electron chi connectivity index (χ1n) is 3.24. The summed E-state index contributed by atoms with van der Waals surface area (Å²) in [6, 6.07) is 2.82. The van der Waals surface area contributed by atoms with Crippen LogP contribution in [0.5, 0.6) is 0 Å². The maximum Gasteiger partial charge on any atom is 0.289 e. The van der Waals surface area contributed by atoms with Gasteiger partial charge in [-0.25, -0.2) is 0 Å². The van der Waals surface area contributed by atoms with E-state index < -0.39 is 4.92 Å². The van der Waals surface area contributed by atoms with Gasteiger partial charge in [-0.05, 0) is 11.6 Å². The van der Waals surface area contributed by atoms with Crippen LogP contribution in [0.2, 0.25) is 10.0 Å². The molecule has 0 aliphatic carbocycles. The summed E-state index contributed by atoms with van der Waals surface area (Å²) < 4.78 is 0. The van der Waals surface area contributed by atoms with Gasteiger partial charge in [-0.2, -0.15) is 0 Å². The van der Waals surface area contributed by atoms with Gasteiger partial charge >= 0.3 is 0 Å². The van der Waals surface area contributed by atoms with E-state index in [1.807, 2.05) is 0 Å². The van der Waals surface area contributed by atoms with Crippen molar-refractivity contribution < 1.29 is 4.92 Å². The van der Waals surface area contributed by atoms with E-state index in [1.54, 1.807) is 6.07 Å². The molecule has 13 heavy (non-hydrogen) atoms. The fourth-order valence-corrected chi connectivity index (χ4v) is 1.94. The van der Waals surface area contributed by atoms with Gasteiger partial charge in [-0.3, -0.25) is 10.1 Å². The molecule has 0 heterocycles. The Morgan fingerprint density at radius 1 is 1.46 bits per heavy atom. The van der Waals surface area contributed by atoms with Gasteiger partial charge in [0, 0.05) is 16.4 Å². The maximum atomic E-state index is 10.5. The van der Waals surface area contributed by atoms with E-state index in [1.165, 1.54) is 6.07 Å². The van der Waals surface area contributed by atoms with Gasteiger partial charge in [0.2, 0.25) is 0 Å². The topological polar surface area (TPSA) is 43.1 Å². The van der Waals surface area contributed by atoms with Crippen LogP contribution in [0.15, 0.2) is 12.1 Å².